The third kappa shape index (κ3) is 2.98. The molecule has 0 radical (unpaired) electrons. The predicted molar refractivity (Wildman–Crippen MR) is 76.8 cm³/mol. The summed E-state index contributed by atoms with van der Waals surface area (Å²) in [6, 6.07) is 2.11. The smallest absolute Gasteiger partial charge is 0.255 e. The summed E-state index contributed by atoms with van der Waals surface area (Å²) >= 11 is 6.06. The average molecular weight is 283 g/mol. The lowest BCUT2D eigenvalue weighted by atomic mass is 10.2. The molecule has 0 saturated carbocycles. The van der Waals surface area contributed by atoms with Crippen molar-refractivity contribution < 1.29 is 4.79 Å². The van der Waals surface area contributed by atoms with E-state index in [9.17, 15) is 4.79 Å². The van der Waals surface area contributed by atoms with Crippen LogP contribution in [0.3, 0.4) is 0 Å². The van der Waals surface area contributed by atoms with E-state index >= 15 is 0 Å². The molecule has 1 aliphatic heterocycles. The number of hydrogen-bond donors (Lipinski definition) is 1. The molecule has 1 fully saturated rings. The molecule has 1 unspecified atom stereocenters. The first-order valence-corrected chi connectivity index (χ1v) is 6.69. The molecule has 1 aromatic rings. The van der Waals surface area contributed by atoms with Crippen molar-refractivity contribution in [3.63, 3.8) is 0 Å². The number of halogens is 1. The Morgan fingerprint density at radius 1 is 1.58 bits per heavy atom. The molecule has 6 heteroatoms. The molecule has 0 spiro atoms. The SMILES string of the molecule is CNc1ncc(C(=O)N2CCC(N(C)C)C2)cc1Cl. The minimum Gasteiger partial charge on any atom is -0.372 e. The Kier molecular flexibility index (Phi) is 4.27. The van der Waals surface area contributed by atoms with Crippen LogP contribution in [0.2, 0.25) is 5.02 Å². The van der Waals surface area contributed by atoms with Crippen molar-refractivity contribution in [2.24, 2.45) is 0 Å². The average Bonchev–Trinajstić information content (AvgIpc) is 2.87. The largest absolute Gasteiger partial charge is 0.372 e. The Morgan fingerprint density at radius 2 is 2.32 bits per heavy atom. The number of nitrogens with zero attached hydrogens (tertiary/aromatic N) is 3. The van der Waals surface area contributed by atoms with Crippen LogP contribution >= 0.6 is 11.6 Å². The highest BCUT2D eigenvalue weighted by Crippen LogP contribution is 2.22. The number of carbonyl (C=O) groups excluding carboxylic acids is 1. The number of hydrogen-bond acceptors (Lipinski definition) is 4. The number of rotatable bonds is 3. The van der Waals surface area contributed by atoms with Crippen molar-refractivity contribution in [3.8, 4) is 0 Å². The molecule has 1 atom stereocenters. The van der Waals surface area contributed by atoms with Gasteiger partial charge in [-0.3, -0.25) is 4.79 Å². The van der Waals surface area contributed by atoms with Gasteiger partial charge in [-0.2, -0.15) is 0 Å². The molecule has 1 saturated heterocycles. The molecule has 0 bridgehead atoms. The third-order valence-electron chi connectivity index (χ3n) is 3.51. The second kappa shape index (κ2) is 5.75. The van der Waals surface area contributed by atoms with Crippen molar-refractivity contribution in [1.29, 1.82) is 0 Å². The summed E-state index contributed by atoms with van der Waals surface area (Å²) in [7, 11) is 5.83. The number of nitrogens with one attached hydrogen (secondary N) is 1. The molecule has 0 aromatic carbocycles. The van der Waals surface area contributed by atoms with Crippen LogP contribution in [0, 0.1) is 0 Å². The molecule has 19 heavy (non-hydrogen) atoms. The van der Waals surface area contributed by atoms with Crippen molar-refractivity contribution in [3.05, 3.63) is 22.8 Å². The van der Waals surface area contributed by atoms with Crippen molar-refractivity contribution in [1.82, 2.24) is 14.8 Å². The first kappa shape index (κ1) is 14.1. The van der Waals surface area contributed by atoms with Crippen LogP contribution in [0.25, 0.3) is 0 Å². The lowest BCUT2D eigenvalue weighted by Gasteiger charge is -2.20. The topological polar surface area (TPSA) is 48.5 Å². The van der Waals surface area contributed by atoms with E-state index in [0.717, 1.165) is 19.5 Å². The molecule has 0 aliphatic carbocycles. The number of likely N-dealkylation sites (N-methyl/N-ethyl adjacent to an activating group) is 1. The Balaban J connectivity index is 2.10. The van der Waals surface area contributed by atoms with E-state index in [1.54, 1.807) is 19.3 Å². The quantitative estimate of drug-likeness (QED) is 0.914. The van der Waals surface area contributed by atoms with E-state index in [1.807, 2.05) is 19.0 Å². The molecule has 1 amide bonds. The number of pyridine rings is 1. The fourth-order valence-electron chi connectivity index (χ4n) is 2.27. The van der Waals surface area contributed by atoms with E-state index < -0.39 is 0 Å². The van der Waals surface area contributed by atoms with Gasteiger partial charge < -0.3 is 15.1 Å². The first-order valence-electron chi connectivity index (χ1n) is 6.32. The molecule has 2 heterocycles. The van der Waals surface area contributed by atoms with Crippen LogP contribution in [-0.4, -0.2) is 61.0 Å². The van der Waals surface area contributed by atoms with Gasteiger partial charge in [0.15, 0.2) is 0 Å². The van der Waals surface area contributed by atoms with Gasteiger partial charge in [0.05, 0.1) is 10.6 Å². The van der Waals surface area contributed by atoms with Gasteiger partial charge in [-0.25, -0.2) is 4.98 Å². The zero-order chi connectivity index (χ0) is 14.0. The maximum absolute atomic E-state index is 12.4. The summed E-state index contributed by atoms with van der Waals surface area (Å²) in [6.45, 7) is 1.55. The van der Waals surface area contributed by atoms with Crippen molar-refractivity contribution in [2.45, 2.75) is 12.5 Å². The fraction of sp³-hybridized carbons (Fsp3) is 0.538. The summed E-state index contributed by atoms with van der Waals surface area (Å²) in [5.41, 5.74) is 0.545. The zero-order valence-electron chi connectivity index (χ0n) is 11.5. The molecule has 1 aliphatic rings. The zero-order valence-corrected chi connectivity index (χ0v) is 12.2. The molecule has 2 rings (SSSR count). The van der Waals surface area contributed by atoms with Gasteiger partial charge in [0.25, 0.3) is 5.91 Å². The molecular formula is C13H19ClN4O. The number of carbonyl (C=O) groups is 1. The van der Waals surface area contributed by atoms with E-state index in [2.05, 4.69) is 15.2 Å². The third-order valence-corrected chi connectivity index (χ3v) is 3.79. The molecular weight excluding hydrogens is 264 g/mol. The Bertz CT molecular complexity index is 478. The van der Waals surface area contributed by atoms with E-state index in [0.29, 0.717) is 22.4 Å². The van der Waals surface area contributed by atoms with Crippen LogP contribution in [-0.2, 0) is 0 Å². The second-order valence-electron chi connectivity index (χ2n) is 4.96. The minimum atomic E-state index is 0.00130. The first-order chi connectivity index (χ1) is 9.02. The highest BCUT2D eigenvalue weighted by atomic mass is 35.5. The second-order valence-corrected chi connectivity index (χ2v) is 5.37. The van der Waals surface area contributed by atoms with Crippen LogP contribution in [0.15, 0.2) is 12.3 Å². The van der Waals surface area contributed by atoms with Crippen molar-refractivity contribution >= 4 is 23.3 Å². The minimum absolute atomic E-state index is 0.00130. The van der Waals surface area contributed by atoms with E-state index in [4.69, 9.17) is 11.6 Å². The predicted octanol–water partition coefficient (Wildman–Crippen LogP) is 1.55. The number of aromatic nitrogens is 1. The lowest BCUT2D eigenvalue weighted by molar-refractivity contribution is 0.0782. The van der Waals surface area contributed by atoms with Gasteiger partial charge in [-0.1, -0.05) is 11.6 Å². The lowest BCUT2D eigenvalue weighted by Crippen LogP contribution is -2.34. The van der Waals surface area contributed by atoms with Crippen LogP contribution in [0.5, 0.6) is 0 Å². The maximum atomic E-state index is 12.4. The van der Waals surface area contributed by atoms with E-state index in [-0.39, 0.29) is 5.91 Å². The van der Waals surface area contributed by atoms with Crippen LogP contribution in [0.1, 0.15) is 16.8 Å². The van der Waals surface area contributed by atoms with Crippen LogP contribution < -0.4 is 5.32 Å². The van der Waals surface area contributed by atoms with Gasteiger partial charge in [0, 0.05) is 32.4 Å². The molecule has 1 N–H and O–H groups in total. The molecule has 1 aromatic heterocycles. The Labute approximate surface area is 118 Å². The van der Waals surface area contributed by atoms with E-state index in [1.165, 1.54) is 0 Å². The van der Waals surface area contributed by atoms with Gasteiger partial charge in [0.2, 0.25) is 0 Å². The highest BCUT2D eigenvalue weighted by molar-refractivity contribution is 6.33. The Hall–Kier alpha value is -1.33. The number of amides is 1. The number of likely N-dealkylation sites (tertiary alicyclic amines) is 1. The Morgan fingerprint density at radius 3 is 2.84 bits per heavy atom. The summed E-state index contributed by atoms with van der Waals surface area (Å²) in [5.74, 6) is 0.590. The van der Waals surface area contributed by atoms with Gasteiger partial charge >= 0.3 is 0 Å². The standard InChI is InChI=1S/C13H19ClN4O/c1-15-12-11(14)6-9(7-16-12)13(19)18-5-4-10(8-18)17(2)3/h6-7,10H,4-5,8H2,1-3H3,(H,15,16). The maximum Gasteiger partial charge on any atom is 0.255 e. The van der Waals surface area contributed by atoms with Crippen LogP contribution in [0.4, 0.5) is 5.82 Å². The van der Waals surface area contributed by atoms with Gasteiger partial charge in [-0.05, 0) is 26.6 Å². The molecule has 5 nitrogen and oxygen atoms in total. The number of anilines is 1. The summed E-state index contributed by atoms with van der Waals surface area (Å²) in [4.78, 5) is 20.5. The summed E-state index contributed by atoms with van der Waals surface area (Å²) in [5, 5.41) is 3.35. The van der Waals surface area contributed by atoms with Gasteiger partial charge in [-0.15, -0.1) is 0 Å². The summed E-state index contributed by atoms with van der Waals surface area (Å²) in [6.07, 6.45) is 2.58. The molecule has 104 valence electrons. The summed E-state index contributed by atoms with van der Waals surface area (Å²) < 4.78 is 0. The highest BCUT2D eigenvalue weighted by Gasteiger charge is 2.28. The van der Waals surface area contributed by atoms with Gasteiger partial charge in [0.1, 0.15) is 5.82 Å². The normalized spacial score (nSPS) is 19.0. The monoisotopic (exact) mass is 282 g/mol. The fourth-order valence-corrected chi connectivity index (χ4v) is 2.53. The van der Waals surface area contributed by atoms with Crippen molar-refractivity contribution in [2.75, 3.05) is 39.5 Å².